The summed E-state index contributed by atoms with van der Waals surface area (Å²) >= 11 is 0. The second-order valence-electron chi connectivity index (χ2n) is 2.49. The van der Waals surface area contributed by atoms with Crippen molar-refractivity contribution in [1.82, 2.24) is 0 Å². The molecule has 0 aliphatic rings. The van der Waals surface area contributed by atoms with E-state index in [0.717, 1.165) is 23.3 Å². The number of hydrogen-bond acceptors (Lipinski definition) is 2. The molecule has 0 aromatic rings. The van der Waals surface area contributed by atoms with Gasteiger partial charge in [-0.2, -0.15) is 5.26 Å². The first-order valence-electron chi connectivity index (χ1n) is 3.65. The molecule has 2 nitrogen and oxygen atoms in total. The van der Waals surface area contributed by atoms with Crippen LogP contribution in [-0.2, 0) is 0 Å². The minimum absolute atomic E-state index is 0.724. The summed E-state index contributed by atoms with van der Waals surface area (Å²) in [6.07, 6.45) is 2.68. The fraction of sp³-hybridized carbons (Fsp3) is 0.444. The van der Waals surface area contributed by atoms with Gasteiger partial charge in [-0.3, -0.25) is 0 Å². The maximum absolute atomic E-state index is 8.51. The molecule has 0 spiro atoms. The van der Waals surface area contributed by atoms with Crippen molar-refractivity contribution in [3.05, 3.63) is 22.9 Å². The summed E-state index contributed by atoms with van der Waals surface area (Å²) in [4.78, 5) is 0. The van der Waals surface area contributed by atoms with Crippen LogP contribution in [0.3, 0.4) is 0 Å². The fourth-order valence-electron chi connectivity index (χ4n) is 0.577. The second kappa shape index (κ2) is 4.56. The molecule has 0 radical (unpaired) electrons. The summed E-state index contributed by atoms with van der Waals surface area (Å²) in [6.45, 7) is 5.66. The molecule has 0 aromatic carbocycles. The summed E-state index contributed by atoms with van der Waals surface area (Å²) in [5.74, 6) is 0. The van der Waals surface area contributed by atoms with Gasteiger partial charge in [-0.05, 0) is 31.9 Å². The van der Waals surface area contributed by atoms with E-state index in [1.807, 2.05) is 19.9 Å². The monoisotopic (exact) mass is 150 g/mol. The smallest absolute Gasteiger partial charge is 0.0946 e. The maximum Gasteiger partial charge on any atom is 0.0946 e. The minimum Gasteiger partial charge on any atom is -0.402 e. The van der Waals surface area contributed by atoms with Crippen LogP contribution in [0.4, 0.5) is 0 Å². The van der Waals surface area contributed by atoms with Gasteiger partial charge >= 0.3 is 0 Å². The third kappa shape index (κ3) is 3.47. The highest BCUT2D eigenvalue weighted by atomic mass is 14.6. The first-order valence-corrected chi connectivity index (χ1v) is 3.65. The minimum atomic E-state index is 0.724. The molecule has 0 aromatic heterocycles. The standard InChI is InChI=1S/C9H14N2/c1-4-9(11)5-7(2)8(3)6-10/h5H,4,11H2,1-3H3/b8-7+,9-5+. The van der Waals surface area contributed by atoms with Crippen LogP contribution in [0, 0.1) is 11.3 Å². The molecule has 11 heavy (non-hydrogen) atoms. The molecular formula is C9H14N2. The molecule has 0 unspecified atom stereocenters. The average Bonchev–Trinajstić information content (AvgIpc) is 2.02. The van der Waals surface area contributed by atoms with Crippen molar-refractivity contribution in [3.8, 4) is 6.07 Å². The van der Waals surface area contributed by atoms with Gasteiger partial charge in [-0.25, -0.2) is 0 Å². The van der Waals surface area contributed by atoms with E-state index in [1.165, 1.54) is 0 Å². The molecule has 0 aliphatic carbocycles. The van der Waals surface area contributed by atoms with Gasteiger partial charge in [0.15, 0.2) is 0 Å². The number of nitrogens with zero attached hydrogens (tertiary/aromatic N) is 1. The van der Waals surface area contributed by atoms with E-state index in [4.69, 9.17) is 11.0 Å². The molecule has 2 N–H and O–H groups in total. The molecule has 0 fully saturated rings. The van der Waals surface area contributed by atoms with Crippen LogP contribution in [-0.4, -0.2) is 0 Å². The summed E-state index contributed by atoms with van der Waals surface area (Å²) in [7, 11) is 0. The quantitative estimate of drug-likeness (QED) is 0.484. The van der Waals surface area contributed by atoms with Crippen molar-refractivity contribution in [2.75, 3.05) is 0 Å². The molecule has 0 bridgehead atoms. The summed E-state index contributed by atoms with van der Waals surface area (Å²) in [6, 6.07) is 2.07. The Kier molecular flexibility index (Phi) is 4.05. The van der Waals surface area contributed by atoms with E-state index in [9.17, 15) is 0 Å². The van der Waals surface area contributed by atoms with Crippen molar-refractivity contribution >= 4 is 0 Å². The van der Waals surface area contributed by atoms with E-state index in [1.54, 1.807) is 6.92 Å². The van der Waals surface area contributed by atoms with Crippen LogP contribution in [0.25, 0.3) is 0 Å². The van der Waals surface area contributed by atoms with Crippen LogP contribution in [0.2, 0.25) is 0 Å². The predicted octanol–water partition coefficient (Wildman–Crippen LogP) is 2.10. The van der Waals surface area contributed by atoms with Gasteiger partial charge in [-0.15, -0.1) is 0 Å². The lowest BCUT2D eigenvalue weighted by molar-refractivity contribution is 1.06. The van der Waals surface area contributed by atoms with Gasteiger partial charge in [0.2, 0.25) is 0 Å². The Morgan fingerprint density at radius 1 is 1.55 bits per heavy atom. The van der Waals surface area contributed by atoms with Crippen LogP contribution in [0.5, 0.6) is 0 Å². The number of allylic oxidation sites excluding steroid dienone is 4. The zero-order valence-electron chi connectivity index (χ0n) is 7.31. The molecule has 60 valence electrons. The molecule has 2 heteroatoms. The number of rotatable bonds is 2. The Morgan fingerprint density at radius 2 is 2.09 bits per heavy atom. The summed E-state index contributed by atoms with van der Waals surface area (Å²) in [5.41, 5.74) is 8.07. The van der Waals surface area contributed by atoms with Gasteiger partial charge in [0.05, 0.1) is 6.07 Å². The predicted molar refractivity (Wildman–Crippen MR) is 46.5 cm³/mol. The Hall–Kier alpha value is -1.23. The van der Waals surface area contributed by atoms with Crippen LogP contribution in [0.15, 0.2) is 22.9 Å². The van der Waals surface area contributed by atoms with Crippen LogP contribution < -0.4 is 5.73 Å². The maximum atomic E-state index is 8.51. The van der Waals surface area contributed by atoms with E-state index in [2.05, 4.69) is 6.07 Å². The van der Waals surface area contributed by atoms with Gasteiger partial charge in [0.1, 0.15) is 0 Å². The Bertz CT molecular complexity index is 228. The van der Waals surface area contributed by atoms with E-state index in [-0.39, 0.29) is 0 Å². The van der Waals surface area contributed by atoms with Crippen molar-refractivity contribution in [1.29, 1.82) is 5.26 Å². The fourth-order valence-corrected chi connectivity index (χ4v) is 0.577. The highest BCUT2D eigenvalue weighted by molar-refractivity contribution is 5.33. The largest absolute Gasteiger partial charge is 0.402 e. The molecule has 0 saturated carbocycles. The molecule has 0 saturated heterocycles. The lowest BCUT2D eigenvalue weighted by Crippen LogP contribution is -1.95. The lowest BCUT2D eigenvalue weighted by Gasteiger charge is -1.96. The number of nitrogens with two attached hydrogens (primary N) is 1. The zero-order valence-corrected chi connectivity index (χ0v) is 7.31. The van der Waals surface area contributed by atoms with Crippen LogP contribution >= 0.6 is 0 Å². The third-order valence-electron chi connectivity index (χ3n) is 1.57. The first kappa shape index (κ1) is 9.77. The van der Waals surface area contributed by atoms with Crippen molar-refractivity contribution < 1.29 is 0 Å². The molecule has 0 rings (SSSR count). The van der Waals surface area contributed by atoms with Gasteiger partial charge in [0, 0.05) is 11.3 Å². The topological polar surface area (TPSA) is 49.8 Å². The van der Waals surface area contributed by atoms with E-state index < -0.39 is 0 Å². The Morgan fingerprint density at radius 3 is 2.45 bits per heavy atom. The second-order valence-corrected chi connectivity index (χ2v) is 2.49. The van der Waals surface area contributed by atoms with E-state index in [0.29, 0.717) is 0 Å². The average molecular weight is 150 g/mol. The first-order chi connectivity index (χ1) is 5.11. The van der Waals surface area contributed by atoms with Crippen molar-refractivity contribution in [2.45, 2.75) is 27.2 Å². The molecular weight excluding hydrogens is 136 g/mol. The number of hydrogen-bond donors (Lipinski definition) is 1. The van der Waals surface area contributed by atoms with Gasteiger partial charge in [0.25, 0.3) is 0 Å². The summed E-state index contributed by atoms with van der Waals surface area (Å²) in [5, 5.41) is 8.51. The Balaban J connectivity index is 4.54. The van der Waals surface area contributed by atoms with Crippen molar-refractivity contribution in [3.63, 3.8) is 0 Å². The van der Waals surface area contributed by atoms with Gasteiger partial charge in [-0.1, -0.05) is 6.92 Å². The highest BCUT2D eigenvalue weighted by Crippen LogP contribution is 2.05. The van der Waals surface area contributed by atoms with E-state index >= 15 is 0 Å². The highest BCUT2D eigenvalue weighted by Gasteiger charge is 1.91. The van der Waals surface area contributed by atoms with Crippen LogP contribution in [0.1, 0.15) is 27.2 Å². The molecule has 0 aliphatic heterocycles. The molecule has 0 atom stereocenters. The number of nitriles is 1. The lowest BCUT2D eigenvalue weighted by atomic mass is 10.1. The zero-order chi connectivity index (χ0) is 8.85. The third-order valence-corrected chi connectivity index (χ3v) is 1.57. The normalized spacial score (nSPS) is 13.8. The Labute approximate surface area is 68.0 Å². The van der Waals surface area contributed by atoms with Gasteiger partial charge < -0.3 is 5.73 Å². The SMILES string of the molecule is CC/C(N)=C\C(C)=C(/C)C#N. The molecule has 0 heterocycles. The molecule has 0 amide bonds. The summed E-state index contributed by atoms with van der Waals surface area (Å²) < 4.78 is 0. The van der Waals surface area contributed by atoms with Crippen molar-refractivity contribution in [2.24, 2.45) is 5.73 Å².